The minimum Gasteiger partial charge on any atom is -0.351 e. The van der Waals surface area contributed by atoms with Crippen LogP contribution in [0.2, 0.25) is 5.02 Å². The quantitative estimate of drug-likeness (QED) is 0.596. The van der Waals surface area contributed by atoms with Crippen molar-refractivity contribution >= 4 is 29.3 Å². The van der Waals surface area contributed by atoms with Gasteiger partial charge >= 0.3 is 0 Å². The highest BCUT2D eigenvalue weighted by atomic mass is 35.5. The first-order valence-corrected chi connectivity index (χ1v) is 10.4. The molecule has 0 spiro atoms. The number of benzene rings is 2. The van der Waals surface area contributed by atoms with Crippen LogP contribution in [0.15, 0.2) is 59.8 Å². The lowest BCUT2D eigenvalue weighted by molar-refractivity contribution is -0.119. The van der Waals surface area contributed by atoms with E-state index in [4.69, 9.17) is 11.6 Å². The molecule has 0 unspecified atom stereocenters. The van der Waals surface area contributed by atoms with Crippen molar-refractivity contribution in [3.05, 3.63) is 65.2 Å². The summed E-state index contributed by atoms with van der Waals surface area (Å²) in [5.74, 6) is 0.923. The summed E-state index contributed by atoms with van der Waals surface area (Å²) in [7, 11) is 0. The maximum Gasteiger partial charge on any atom is 0.230 e. The van der Waals surface area contributed by atoms with Gasteiger partial charge in [-0.25, -0.2) is 0 Å². The van der Waals surface area contributed by atoms with Crippen LogP contribution in [0.1, 0.15) is 26.3 Å². The lowest BCUT2D eigenvalue weighted by Gasteiger charge is -2.20. The van der Waals surface area contributed by atoms with Crippen LogP contribution < -0.4 is 5.32 Å². The number of halogens is 1. The first-order valence-electron chi connectivity index (χ1n) is 8.99. The molecule has 0 saturated heterocycles. The van der Waals surface area contributed by atoms with Crippen LogP contribution in [-0.4, -0.2) is 32.0 Å². The van der Waals surface area contributed by atoms with Crippen LogP contribution >= 0.6 is 23.4 Å². The molecule has 2 aromatic carbocycles. The molecule has 1 amide bonds. The summed E-state index contributed by atoms with van der Waals surface area (Å²) in [6.07, 6.45) is 0. The standard InChI is InChI=1S/C21H23ClN4OS/c1-21(2,3)23-18(27)14-28-20-25-24-19(16-11-7-8-12-17(16)22)26(20)13-15-9-5-4-6-10-15/h4-12H,13-14H2,1-3H3,(H,23,27). The van der Waals surface area contributed by atoms with Gasteiger partial charge in [0.05, 0.1) is 17.3 Å². The molecule has 3 aromatic rings. The summed E-state index contributed by atoms with van der Waals surface area (Å²) < 4.78 is 2.01. The minimum absolute atomic E-state index is 0.0361. The third-order valence-electron chi connectivity index (χ3n) is 3.86. The molecule has 0 aliphatic rings. The van der Waals surface area contributed by atoms with Crippen LogP contribution in [-0.2, 0) is 11.3 Å². The van der Waals surface area contributed by atoms with E-state index in [-0.39, 0.29) is 17.2 Å². The molecule has 0 saturated carbocycles. The zero-order valence-corrected chi connectivity index (χ0v) is 17.7. The minimum atomic E-state index is -0.266. The lowest BCUT2D eigenvalue weighted by atomic mass is 10.1. The van der Waals surface area contributed by atoms with E-state index in [1.165, 1.54) is 11.8 Å². The number of nitrogens with one attached hydrogen (secondary N) is 1. The van der Waals surface area contributed by atoms with Crippen molar-refractivity contribution in [2.75, 3.05) is 5.75 Å². The Kier molecular flexibility index (Phi) is 6.42. The smallest absolute Gasteiger partial charge is 0.230 e. The van der Waals surface area contributed by atoms with Gasteiger partial charge in [0.1, 0.15) is 0 Å². The Morgan fingerprint density at radius 1 is 1.07 bits per heavy atom. The summed E-state index contributed by atoms with van der Waals surface area (Å²) in [6.45, 7) is 6.48. The van der Waals surface area contributed by atoms with Crippen molar-refractivity contribution in [2.45, 2.75) is 38.0 Å². The van der Waals surface area contributed by atoms with E-state index >= 15 is 0 Å². The maximum atomic E-state index is 12.2. The molecule has 0 aliphatic heterocycles. The van der Waals surface area contributed by atoms with Crippen molar-refractivity contribution in [1.82, 2.24) is 20.1 Å². The number of hydrogen-bond acceptors (Lipinski definition) is 4. The average Bonchev–Trinajstić information content (AvgIpc) is 3.02. The van der Waals surface area contributed by atoms with E-state index in [9.17, 15) is 4.79 Å². The Balaban J connectivity index is 1.89. The van der Waals surface area contributed by atoms with Crippen molar-refractivity contribution in [1.29, 1.82) is 0 Å². The van der Waals surface area contributed by atoms with Crippen molar-refractivity contribution in [3.63, 3.8) is 0 Å². The second-order valence-electron chi connectivity index (χ2n) is 7.44. The molecule has 0 atom stereocenters. The van der Waals surface area contributed by atoms with Gasteiger partial charge in [-0.15, -0.1) is 10.2 Å². The number of carbonyl (C=O) groups is 1. The van der Waals surface area contributed by atoms with Gasteiger partial charge < -0.3 is 5.32 Å². The first-order chi connectivity index (χ1) is 13.3. The first kappa shape index (κ1) is 20.4. The summed E-state index contributed by atoms with van der Waals surface area (Å²) in [5, 5.41) is 13.0. The summed E-state index contributed by atoms with van der Waals surface area (Å²) >= 11 is 7.76. The highest BCUT2D eigenvalue weighted by Crippen LogP contribution is 2.30. The van der Waals surface area contributed by atoms with E-state index in [1.54, 1.807) is 0 Å². The summed E-state index contributed by atoms with van der Waals surface area (Å²) in [6, 6.07) is 17.7. The fourth-order valence-corrected chi connectivity index (χ4v) is 3.69. The normalized spacial score (nSPS) is 11.4. The third kappa shape index (κ3) is 5.36. The molecule has 1 heterocycles. The van der Waals surface area contributed by atoms with Gasteiger partial charge in [-0.2, -0.15) is 0 Å². The number of hydrogen-bond donors (Lipinski definition) is 1. The Morgan fingerprint density at radius 2 is 1.75 bits per heavy atom. The average molecular weight is 415 g/mol. The SMILES string of the molecule is CC(C)(C)NC(=O)CSc1nnc(-c2ccccc2Cl)n1Cc1ccccc1. The molecule has 1 aromatic heterocycles. The van der Waals surface area contributed by atoms with E-state index < -0.39 is 0 Å². The topological polar surface area (TPSA) is 59.8 Å². The van der Waals surface area contributed by atoms with Crippen molar-refractivity contribution in [3.8, 4) is 11.4 Å². The monoisotopic (exact) mass is 414 g/mol. The molecule has 5 nitrogen and oxygen atoms in total. The molecular weight excluding hydrogens is 392 g/mol. The molecule has 0 fully saturated rings. The zero-order chi connectivity index (χ0) is 20.1. The molecule has 0 aliphatic carbocycles. The fourth-order valence-electron chi connectivity index (χ4n) is 2.73. The predicted molar refractivity (Wildman–Crippen MR) is 115 cm³/mol. The lowest BCUT2D eigenvalue weighted by Crippen LogP contribution is -2.41. The van der Waals surface area contributed by atoms with Crippen molar-refractivity contribution < 1.29 is 4.79 Å². The number of carbonyl (C=O) groups excluding carboxylic acids is 1. The highest BCUT2D eigenvalue weighted by molar-refractivity contribution is 7.99. The summed E-state index contributed by atoms with van der Waals surface area (Å²) in [5.41, 5.74) is 1.67. The van der Waals surface area contributed by atoms with E-state index in [1.807, 2.05) is 67.8 Å². The van der Waals surface area contributed by atoms with Gasteiger partial charge in [0, 0.05) is 11.1 Å². The molecule has 146 valence electrons. The van der Waals surface area contributed by atoms with Crippen LogP contribution in [0, 0.1) is 0 Å². The number of aromatic nitrogens is 3. The van der Waals surface area contributed by atoms with Gasteiger partial charge in [-0.1, -0.05) is 65.8 Å². The van der Waals surface area contributed by atoms with Crippen molar-refractivity contribution in [2.24, 2.45) is 0 Å². The highest BCUT2D eigenvalue weighted by Gasteiger charge is 2.19. The maximum absolute atomic E-state index is 12.2. The van der Waals surface area contributed by atoms with Gasteiger partial charge in [-0.3, -0.25) is 9.36 Å². The van der Waals surface area contributed by atoms with Gasteiger partial charge in [0.25, 0.3) is 0 Å². The number of nitrogens with zero attached hydrogens (tertiary/aromatic N) is 3. The molecular formula is C21H23ClN4OS. The Labute approximate surface area is 174 Å². The number of amides is 1. The summed E-state index contributed by atoms with van der Waals surface area (Å²) in [4.78, 5) is 12.2. The molecule has 28 heavy (non-hydrogen) atoms. The number of thioether (sulfide) groups is 1. The second-order valence-corrected chi connectivity index (χ2v) is 8.79. The van der Waals surface area contributed by atoms with Crippen LogP contribution in [0.4, 0.5) is 0 Å². The second kappa shape index (κ2) is 8.80. The van der Waals surface area contributed by atoms with Crippen LogP contribution in [0.25, 0.3) is 11.4 Å². The van der Waals surface area contributed by atoms with E-state index in [0.717, 1.165) is 11.1 Å². The molecule has 0 bridgehead atoms. The Bertz CT molecular complexity index is 951. The van der Waals surface area contributed by atoms with Gasteiger partial charge in [0.2, 0.25) is 5.91 Å². The van der Waals surface area contributed by atoms with E-state index in [2.05, 4.69) is 27.6 Å². The number of rotatable bonds is 6. The Morgan fingerprint density at radius 3 is 2.43 bits per heavy atom. The van der Waals surface area contributed by atoms with E-state index in [0.29, 0.717) is 22.5 Å². The van der Waals surface area contributed by atoms with Gasteiger partial charge in [0.15, 0.2) is 11.0 Å². The Hall–Kier alpha value is -2.31. The molecule has 0 radical (unpaired) electrons. The molecule has 1 N–H and O–H groups in total. The van der Waals surface area contributed by atoms with Crippen LogP contribution in [0.5, 0.6) is 0 Å². The predicted octanol–water partition coefficient (Wildman–Crippen LogP) is 4.65. The zero-order valence-electron chi connectivity index (χ0n) is 16.1. The van der Waals surface area contributed by atoms with Gasteiger partial charge in [-0.05, 0) is 38.5 Å². The molecule has 7 heteroatoms. The third-order valence-corrected chi connectivity index (χ3v) is 5.16. The van der Waals surface area contributed by atoms with Crippen LogP contribution in [0.3, 0.4) is 0 Å². The molecule has 3 rings (SSSR count). The fraction of sp³-hybridized carbons (Fsp3) is 0.286. The largest absolute Gasteiger partial charge is 0.351 e.